The average Bonchev–Trinajstić information content (AvgIpc) is 2.73. The topological polar surface area (TPSA) is 62.3 Å². The Balaban J connectivity index is 1.50. The Bertz CT molecular complexity index is 806. The van der Waals surface area contributed by atoms with Crippen LogP contribution in [0.15, 0.2) is 42.6 Å². The highest BCUT2D eigenvalue weighted by Crippen LogP contribution is 2.19. The van der Waals surface area contributed by atoms with Crippen LogP contribution < -0.4 is 5.32 Å². The number of carbonyl (C=O) groups excluding carboxylic acids is 2. The smallest absolute Gasteiger partial charge is 0.225 e. The molecule has 0 aliphatic carbocycles. The Morgan fingerprint density at radius 1 is 1.21 bits per heavy atom. The van der Waals surface area contributed by atoms with Crippen LogP contribution in [0.2, 0.25) is 5.02 Å². The molecule has 5 nitrogen and oxygen atoms in total. The zero-order chi connectivity index (χ0) is 19.9. The number of likely N-dealkylation sites (tertiary alicyclic amines) is 1. The molecule has 2 aromatic rings. The van der Waals surface area contributed by atoms with E-state index in [1.54, 1.807) is 4.90 Å². The SMILES string of the molecule is CCc1ccc(CNC(=O)[C@H]2CCC(=O)N(CCc3ccc(Cl)cc3)C2)nc1. The highest BCUT2D eigenvalue weighted by Gasteiger charge is 2.29. The van der Waals surface area contributed by atoms with Crippen molar-refractivity contribution in [2.24, 2.45) is 5.92 Å². The number of rotatable bonds is 7. The first-order chi connectivity index (χ1) is 13.5. The second kappa shape index (κ2) is 9.69. The van der Waals surface area contributed by atoms with Gasteiger partial charge in [0.05, 0.1) is 18.2 Å². The third kappa shape index (κ3) is 5.55. The summed E-state index contributed by atoms with van der Waals surface area (Å²) < 4.78 is 0. The lowest BCUT2D eigenvalue weighted by molar-refractivity contribution is -0.138. The van der Waals surface area contributed by atoms with Gasteiger partial charge in [-0.2, -0.15) is 0 Å². The van der Waals surface area contributed by atoms with Gasteiger partial charge in [0.2, 0.25) is 11.8 Å². The number of aromatic nitrogens is 1. The van der Waals surface area contributed by atoms with Crippen molar-refractivity contribution < 1.29 is 9.59 Å². The molecule has 1 aromatic heterocycles. The van der Waals surface area contributed by atoms with Gasteiger partial charge < -0.3 is 10.2 Å². The maximum absolute atomic E-state index is 12.6. The van der Waals surface area contributed by atoms with Crippen molar-refractivity contribution in [3.63, 3.8) is 0 Å². The van der Waals surface area contributed by atoms with E-state index >= 15 is 0 Å². The summed E-state index contributed by atoms with van der Waals surface area (Å²) in [6.45, 7) is 3.59. The van der Waals surface area contributed by atoms with Crippen LogP contribution in [-0.2, 0) is 29.0 Å². The van der Waals surface area contributed by atoms with Crippen molar-refractivity contribution in [3.05, 3.63) is 64.4 Å². The molecule has 6 heteroatoms. The van der Waals surface area contributed by atoms with Crippen LogP contribution >= 0.6 is 11.6 Å². The fourth-order valence-corrected chi connectivity index (χ4v) is 3.48. The Morgan fingerprint density at radius 3 is 2.64 bits per heavy atom. The summed E-state index contributed by atoms with van der Waals surface area (Å²) in [6.07, 6.45) is 4.57. The summed E-state index contributed by atoms with van der Waals surface area (Å²) in [5.74, 6) is -0.0574. The highest BCUT2D eigenvalue weighted by atomic mass is 35.5. The van der Waals surface area contributed by atoms with Gasteiger partial charge in [0.15, 0.2) is 0 Å². The number of nitrogens with zero attached hydrogens (tertiary/aromatic N) is 2. The van der Waals surface area contributed by atoms with Crippen LogP contribution in [0.25, 0.3) is 0 Å². The molecule has 0 bridgehead atoms. The minimum atomic E-state index is -0.169. The van der Waals surface area contributed by atoms with Crippen molar-refractivity contribution >= 4 is 23.4 Å². The molecule has 1 saturated heterocycles. The standard InChI is InChI=1S/C22H26ClN3O2/c1-2-16-5-9-20(24-13-16)14-25-22(28)18-6-10-21(27)26(15-18)12-11-17-3-7-19(23)8-4-17/h3-5,7-9,13,18H,2,6,10-12,14-15H2,1H3,(H,25,28)/t18-/m0/s1. The van der Waals surface area contributed by atoms with Gasteiger partial charge in [-0.15, -0.1) is 0 Å². The summed E-state index contributed by atoms with van der Waals surface area (Å²) >= 11 is 5.91. The lowest BCUT2D eigenvalue weighted by Crippen LogP contribution is -2.46. The van der Waals surface area contributed by atoms with Crippen molar-refractivity contribution in [2.45, 2.75) is 39.2 Å². The summed E-state index contributed by atoms with van der Waals surface area (Å²) in [7, 11) is 0. The second-order valence-corrected chi connectivity index (χ2v) is 7.62. The van der Waals surface area contributed by atoms with E-state index in [4.69, 9.17) is 11.6 Å². The molecular weight excluding hydrogens is 374 g/mol. The zero-order valence-corrected chi connectivity index (χ0v) is 16.9. The van der Waals surface area contributed by atoms with Crippen molar-refractivity contribution in [1.29, 1.82) is 0 Å². The summed E-state index contributed by atoms with van der Waals surface area (Å²) in [5.41, 5.74) is 3.15. The van der Waals surface area contributed by atoms with Crippen LogP contribution in [0.3, 0.4) is 0 Å². The molecule has 28 heavy (non-hydrogen) atoms. The van der Waals surface area contributed by atoms with E-state index < -0.39 is 0 Å². The normalized spacial score (nSPS) is 16.9. The molecule has 3 rings (SSSR count). The molecule has 1 aliphatic heterocycles. The Morgan fingerprint density at radius 2 is 1.96 bits per heavy atom. The average molecular weight is 400 g/mol. The van der Waals surface area contributed by atoms with Crippen LogP contribution in [-0.4, -0.2) is 34.8 Å². The van der Waals surface area contributed by atoms with E-state index in [1.807, 2.05) is 42.6 Å². The number of pyridine rings is 1. The summed E-state index contributed by atoms with van der Waals surface area (Å²) in [4.78, 5) is 31.0. The predicted octanol–water partition coefficient (Wildman–Crippen LogP) is 3.39. The minimum Gasteiger partial charge on any atom is -0.350 e. The first-order valence-electron chi connectivity index (χ1n) is 9.79. The Kier molecular flexibility index (Phi) is 7.04. The molecule has 2 amide bonds. The summed E-state index contributed by atoms with van der Waals surface area (Å²) in [6, 6.07) is 11.6. The van der Waals surface area contributed by atoms with Crippen molar-refractivity contribution in [2.75, 3.05) is 13.1 Å². The number of carbonyl (C=O) groups is 2. The third-order valence-electron chi connectivity index (χ3n) is 5.19. The van der Waals surface area contributed by atoms with E-state index in [0.717, 1.165) is 24.1 Å². The van der Waals surface area contributed by atoms with Gasteiger partial charge in [0.1, 0.15) is 0 Å². The van der Waals surface area contributed by atoms with Gasteiger partial charge >= 0.3 is 0 Å². The Hall–Kier alpha value is -2.40. The molecule has 1 aliphatic rings. The molecule has 2 heterocycles. The molecule has 0 spiro atoms. The van der Waals surface area contributed by atoms with E-state index in [0.29, 0.717) is 37.5 Å². The number of piperidine rings is 1. The molecule has 1 fully saturated rings. The number of aryl methyl sites for hydroxylation is 1. The van der Waals surface area contributed by atoms with Gasteiger partial charge in [-0.3, -0.25) is 14.6 Å². The third-order valence-corrected chi connectivity index (χ3v) is 5.44. The minimum absolute atomic E-state index is 0.00893. The van der Waals surface area contributed by atoms with Crippen molar-refractivity contribution in [3.8, 4) is 0 Å². The molecule has 1 N–H and O–H groups in total. The fourth-order valence-electron chi connectivity index (χ4n) is 3.35. The predicted molar refractivity (Wildman–Crippen MR) is 110 cm³/mol. The Labute approximate surface area is 171 Å². The lowest BCUT2D eigenvalue weighted by Gasteiger charge is -2.32. The molecule has 0 unspecified atom stereocenters. The number of nitrogens with one attached hydrogen (secondary N) is 1. The summed E-state index contributed by atoms with van der Waals surface area (Å²) in [5, 5.41) is 3.67. The second-order valence-electron chi connectivity index (χ2n) is 7.18. The molecule has 148 valence electrons. The number of benzene rings is 1. The maximum Gasteiger partial charge on any atom is 0.225 e. The van der Waals surface area contributed by atoms with E-state index in [1.165, 1.54) is 5.56 Å². The van der Waals surface area contributed by atoms with E-state index in [9.17, 15) is 9.59 Å². The van der Waals surface area contributed by atoms with Gasteiger partial charge in [0, 0.05) is 30.7 Å². The van der Waals surface area contributed by atoms with Gasteiger partial charge in [-0.05, 0) is 48.6 Å². The molecular formula is C22H26ClN3O2. The van der Waals surface area contributed by atoms with E-state index in [-0.39, 0.29) is 17.7 Å². The molecule has 0 radical (unpaired) electrons. The van der Waals surface area contributed by atoms with Gasteiger partial charge in [-0.1, -0.05) is 36.7 Å². The van der Waals surface area contributed by atoms with Crippen LogP contribution in [0.5, 0.6) is 0 Å². The first-order valence-corrected chi connectivity index (χ1v) is 10.2. The first kappa shape index (κ1) is 20.3. The molecule has 1 atom stereocenters. The zero-order valence-electron chi connectivity index (χ0n) is 16.2. The lowest BCUT2D eigenvalue weighted by atomic mass is 9.96. The van der Waals surface area contributed by atoms with Crippen LogP contribution in [0, 0.1) is 5.92 Å². The monoisotopic (exact) mass is 399 g/mol. The highest BCUT2D eigenvalue weighted by molar-refractivity contribution is 6.30. The number of hydrogen-bond acceptors (Lipinski definition) is 3. The van der Waals surface area contributed by atoms with Gasteiger partial charge in [0.25, 0.3) is 0 Å². The van der Waals surface area contributed by atoms with Crippen LogP contribution in [0.4, 0.5) is 0 Å². The fraction of sp³-hybridized carbons (Fsp3) is 0.409. The number of halogens is 1. The van der Waals surface area contributed by atoms with E-state index in [2.05, 4.69) is 17.2 Å². The molecule has 1 aromatic carbocycles. The van der Waals surface area contributed by atoms with Crippen molar-refractivity contribution in [1.82, 2.24) is 15.2 Å². The van der Waals surface area contributed by atoms with Gasteiger partial charge in [-0.25, -0.2) is 0 Å². The van der Waals surface area contributed by atoms with Crippen LogP contribution in [0.1, 0.15) is 36.6 Å². The number of amides is 2. The number of hydrogen-bond donors (Lipinski definition) is 1. The quantitative estimate of drug-likeness (QED) is 0.776. The maximum atomic E-state index is 12.6. The largest absolute Gasteiger partial charge is 0.350 e. The molecule has 0 saturated carbocycles.